The van der Waals surface area contributed by atoms with Crippen molar-refractivity contribution in [1.82, 2.24) is 0 Å². The standard InChI is InChI=1S/C28H32O3.C16H17O2.C8H9O.2C6H4.12CH4.6W.2Y/c1-4-23(21-31-27-8-6-5-7-9-27)18-22(2)20-30-28-16-12-25(13-17-28)19-24-10-14-26(29-3)15-11-24;1-3-18-16-10-6-14(7-11-16)12-13-4-8-15(17-2)9-5-13;1-2-9-8-6-4-3-5-7-8;2*1-2-4-6-5-3-1;;;;;;;;;;;;;;;;;;;;/h6-17,22-23H,3-4,18-21H2,1-2H3;4-11H,2-3,12H2,1H3;4-7H,2H2,1H3;2*1-2,5-6H;12*1H4;;;;;;;;/q-2;2*-1;2*-2;;;;;;;;;;;;;;;;;;;;. The van der Waals surface area contributed by atoms with Crippen molar-refractivity contribution >= 4 is 0 Å². The van der Waals surface area contributed by atoms with E-state index in [0.29, 0.717) is 25.0 Å². The quantitative estimate of drug-likeness (QED) is 0.0752. The average molecular weight is 2400 g/mol. The zero-order valence-corrected chi connectivity index (χ0v) is 68.0. The molecule has 0 aromatic heterocycles. The molecule has 0 saturated carbocycles. The van der Waals surface area contributed by atoms with Crippen molar-refractivity contribution in [2.45, 2.75) is 142 Å². The van der Waals surface area contributed by atoms with Crippen LogP contribution in [-0.4, -0.2) is 26.4 Å². The summed E-state index contributed by atoms with van der Waals surface area (Å²) in [5, 5.41) is 0. The first-order valence-corrected chi connectivity index (χ1v) is 23.7. The molecule has 504 valence electrons. The van der Waals surface area contributed by atoms with Gasteiger partial charge < -0.3 is 52.7 Å². The van der Waals surface area contributed by atoms with Crippen LogP contribution in [0.1, 0.15) is 152 Å². The van der Waals surface area contributed by atoms with E-state index in [4.69, 9.17) is 28.4 Å². The summed E-state index contributed by atoms with van der Waals surface area (Å²) in [5.41, 5.74) is 5.01. The SMILES string of the molecule is C.C.C.C.C.C.C.C.C.C.C.C.CCOc1cc[c-]cc1.[CH2-]Oc1ccc(Cc2ccc(OCC(C)CC(CC)COc3cc[c-]cc3)cc2)cc1.[CH2-]Oc1ccc(Cc2ccc(OCC)cc2)cc1.[W].[W].[W].[W].[W].[W].[Y].[Y].[c-]1cc[c-]cc1.[c-]1cc[c-]cc1. The number of hydrogen-bond acceptors (Lipinski definition) is 6. The molecule has 14 heteroatoms. The predicted octanol–water partition coefficient (Wildman–Crippen LogP) is 22.7. The van der Waals surface area contributed by atoms with Crippen LogP contribution in [0.2, 0.25) is 0 Å². The molecule has 0 aliphatic heterocycles. The van der Waals surface area contributed by atoms with Gasteiger partial charge in [-0.05, 0) is 116 Å². The first-order valence-electron chi connectivity index (χ1n) is 23.7. The van der Waals surface area contributed by atoms with Crippen molar-refractivity contribution < 1.29 is 220 Å². The summed E-state index contributed by atoms with van der Waals surface area (Å²) >= 11 is 0. The molecule has 0 fully saturated rings. The minimum Gasteiger partial charge on any atom is -0.665 e. The Labute approximate surface area is 693 Å². The van der Waals surface area contributed by atoms with Gasteiger partial charge in [0, 0.05) is 203 Å². The first-order chi connectivity index (χ1) is 34.4. The van der Waals surface area contributed by atoms with E-state index in [-0.39, 0.29) is 281 Å². The number of benzene rings is 8. The van der Waals surface area contributed by atoms with Gasteiger partial charge in [-0.15, -0.1) is 24.3 Å². The molecule has 0 N–H and O–H groups in total. The van der Waals surface area contributed by atoms with E-state index in [2.05, 4.69) is 125 Å². The maximum absolute atomic E-state index is 6.04. The molecule has 8 aromatic rings. The smallest absolute Gasteiger partial charge is 0.119 e. The maximum Gasteiger partial charge on any atom is 0.119 e. The summed E-state index contributed by atoms with van der Waals surface area (Å²) < 4.78 is 32.4. The summed E-state index contributed by atoms with van der Waals surface area (Å²) in [6.07, 6.45) is 3.97. The van der Waals surface area contributed by atoms with Gasteiger partial charge >= 0.3 is 0 Å². The van der Waals surface area contributed by atoms with Crippen LogP contribution in [-0.2, 0) is 205 Å². The monoisotopic (exact) mass is 2400 g/mol. The topological polar surface area (TPSA) is 55.4 Å². The Bertz CT molecular complexity index is 2370. The normalized spacial score (nSPS) is 8.38. The molecule has 2 unspecified atom stereocenters. The molecule has 0 aliphatic carbocycles. The minimum absolute atomic E-state index is 0. The zero-order chi connectivity index (χ0) is 49.7. The van der Waals surface area contributed by atoms with Crippen LogP contribution in [0.4, 0.5) is 0 Å². The molecule has 8 rings (SSSR count). The van der Waals surface area contributed by atoms with Gasteiger partial charge in [-0.25, -0.2) is 0 Å². The van der Waals surface area contributed by atoms with Gasteiger partial charge in [0.1, 0.15) is 11.5 Å². The van der Waals surface area contributed by atoms with Gasteiger partial charge in [0.05, 0.1) is 37.9 Å². The first kappa shape index (κ1) is 133. The van der Waals surface area contributed by atoms with Gasteiger partial charge in [0.15, 0.2) is 0 Å². The molecule has 0 aliphatic rings. The van der Waals surface area contributed by atoms with Gasteiger partial charge in [0.25, 0.3) is 0 Å². The van der Waals surface area contributed by atoms with Crippen molar-refractivity contribution in [3.8, 4) is 34.5 Å². The molecule has 0 saturated heterocycles. The van der Waals surface area contributed by atoms with E-state index in [9.17, 15) is 0 Å². The fourth-order valence-electron chi connectivity index (χ4n) is 6.60. The molecule has 2 atom stereocenters. The second kappa shape index (κ2) is 87.9. The largest absolute Gasteiger partial charge is 0.665 e. The molecule has 8 aromatic carbocycles. The Morgan fingerprint density at radius 2 is 0.533 bits per heavy atom. The Morgan fingerprint density at radius 3 is 0.778 bits per heavy atom. The third kappa shape index (κ3) is 63.0. The molecule has 0 bridgehead atoms. The molecule has 90 heavy (non-hydrogen) atoms. The Balaban J connectivity index is -0.0000000524. The summed E-state index contributed by atoms with van der Waals surface area (Å²) in [6, 6.07) is 79.6. The second-order valence-corrected chi connectivity index (χ2v) is 15.8. The third-order valence-corrected chi connectivity index (χ3v) is 10.3. The molecular weight excluding hydrogens is 2290 g/mol. The Hall–Kier alpha value is -1.10. The fraction of sp³-hybridized carbons (Fsp3) is 0.342. The summed E-state index contributed by atoms with van der Waals surface area (Å²) in [5.74, 6) is 6.20. The van der Waals surface area contributed by atoms with Crippen LogP contribution in [0.25, 0.3) is 0 Å². The van der Waals surface area contributed by atoms with Crippen molar-refractivity contribution in [3.63, 3.8) is 0 Å². The Kier molecular flexibility index (Phi) is 130. The van der Waals surface area contributed by atoms with Crippen LogP contribution in [0.5, 0.6) is 34.5 Å². The van der Waals surface area contributed by atoms with Crippen LogP contribution in [0.3, 0.4) is 0 Å². The minimum atomic E-state index is 0. The van der Waals surface area contributed by atoms with Gasteiger partial charge in [-0.2, -0.15) is 50.6 Å². The van der Waals surface area contributed by atoms with Crippen molar-refractivity contribution in [2.24, 2.45) is 11.8 Å². The number of hydrogen-bond donors (Lipinski definition) is 0. The zero-order valence-electron chi connectivity index (χ0n) is 44.8. The van der Waals surface area contributed by atoms with Crippen molar-refractivity contribution in [3.05, 3.63) is 267 Å². The van der Waals surface area contributed by atoms with Gasteiger partial charge in [-0.1, -0.05) is 158 Å². The van der Waals surface area contributed by atoms with Crippen LogP contribution in [0.15, 0.2) is 194 Å². The van der Waals surface area contributed by atoms with E-state index >= 15 is 0 Å². The fourth-order valence-corrected chi connectivity index (χ4v) is 6.60. The van der Waals surface area contributed by atoms with E-state index in [1.165, 1.54) is 22.3 Å². The van der Waals surface area contributed by atoms with Crippen molar-refractivity contribution in [2.75, 3.05) is 26.4 Å². The summed E-state index contributed by atoms with van der Waals surface area (Å²) in [4.78, 5) is 0. The number of rotatable bonds is 19. The van der Waals surface area contributed by atoms with Crippen LogP contribution < -0.4 is 28.4 Å². The Morgan fingerprint density at radius 1 is 0.311 bits per heavy atom. The van der Waals surface area contributed by atoms with E-state index in [1.54, 1.807) is 0 Å². The molecule has 0 amide bonds. The third-order valence-electron chi connectivity index (χ3n) is 10.3. The van der Waals surface area contributed by atoms with E-state index in [1.807, 2.05) is 147 Å². The van der Waals surface area contributed by atoms with E-state index in [0.717, 1.165) is 73.4 Å². The number of ether oxygens (including phenoxy) is 6. The molecule has 0 heterocycles. The summed E-state index contributed by atoms with van der Waals surface area (Å²) in [7, 11) is 6.81. The predicted molar refractivity (Wildman–Crippen MR) is 364 cm³/mol. The molecular formula is C76H114O6W6Y2-8. The van der Waals surface area contributed by atoms with E-state index < -0.39 is 0 Å². The average Bonchev–Trinajstić information content (AvgIpc) is 3.43. The molecule has 6 nitrogen and oxygen atoms in total. The maximum atomic E-state index is 6.04. The van der Waals surface area contributed by atoms with Crippen LogP contribution >= 0.6 is 0 Å². The van der Waals surface area contributed by atoms with Gasteiger partial charge in [-0.3, -0.25) is 48.5 Å². The second-order valence-electron chi connectivity index (χ2n) is 15.8. The molecule has 2 radical (unpaired) electrons. The van der Waals surface area contributed by atoms with Gasteiger partial charge in [0.2, 0.25) is 0 Å². The summed E-state index contributed by atoms with van der Waals surface area (Å²) in [6.45, 7) is 11.3. The molecule has 0 spiro atoms. The van der Waals surface area contributed by atoms with Crippen LogP contribution in [0, 0.1) is 62.5 Å². The van der Waals surface area contributed by atoms with Crippen molar-refractivity contribution in [1.29, 1.82) is 0 Å².